The van der Waals surface area contributed by atoms with E-state index in [0.29, 0.717) is 5.69 Å². The zero-order valence-corrected chi connectivity index (χ0v) is 11.6. The first kappa shape index (κ1) is 13.2. The molecule has 0 radical (unpaired) electrons. The van der Waals surface area contributed by atoms with Crippen molar-refractivity contribution in [3.63, 3.8) is 0 Å². The van der Waals surface area contributed by atoms with Crippen LogP contribution in [0.1, 0.15) is 25.8 Å². The Morgan fingerprint density at radius 3 is 2.50 bits per heavy atom. The highest BCUT2D eigenvalue weighted by molar-refractivity contribution is 6.72. The Bertz CT molecular complexity index is 358. The van der Waals surface area contributed by atoms with Gasteiger partial charge in [-0.25, -0.2) is 0 Å². The molecular formula is C12H22N2OSi. The van der Waals surface area contributed by atoms with E-state index < -0.39 is 8.32 Å². The van der Waals surface area contributed by atoms with Crippen molar-refractivity contribution >= 4 is 14.0 Å². The maximum atomic E-state index is 10.2. The van der Waals surface area contributed by atoms with Gasteiger partial charge in [0.05, 0.1) is 5.69 Å². The highest BCUT2D eigenvalue weighted by atomic mass is 28.4. The molecule has 16 heavy (non-hydrogen) atoms. The number of nitrogens with zero attached hydrogens (tertiary/aromatic N) is 1. The summed E-state index contributed by atoms with van der Waals surface area (Å²) >= 11 is 0. The van der Waals surface area contributed by atoms with Crippen LogP contribution in [0, 0.1) is 0 Å². The molecular weight excluding hydrogens is 216 g/mol. The molecule has 90 valence electrons. The Labute approximate surface area is 98.8 Å². The first-order chi connectivity index (χ1) is 7.22. The van der Waals surface area contributed by atoms with E-state index in [4.69, 9.17) is 5.73 Å². The van der Waals surface area contributed by atoms with Crippen LogP contribution in [0.2, 0.25) is 18.1 Å². The number of rotatable bonds is 4. The molecule has 0 aromatic carbocycles. The lowest BCUT2D eigenvalue weighted by atomic mass is 10.0. The Balaban J connectivity index is 2.65. The van der Waals surface area contributed by atoms with Crippen LogP contribution >= 0.6 is 0 Å². The zero-order valence-electron chi connectivity index (χ0n) is 10.6. The summed E-state index contributed by atoms with van der Waals surface area (Å²) in [6.07, 6.45) is 5.38. The van der Waals surface area contributed by atoms with E-state index >= 15 is 0 Å². The van der Waals surface area contributed by atoms with Gasteiger partial charge in [0.1, 0.15) is 0 Å². The minimum Gasteiger partial charge on any atom is -0.432 e. The summed E-state index contributed by atoms with van der Waals surface area (Å²) in [5.74, 6) is 0. The van der Waals surface area contributed by atoms with Crippen LogP contribution in [0.5, 0.6) is 0 Å². The molecule has 0 bridgehead atoms. The second-order valence-electron chi connectivity index (χ2n) is 5.57. The van der Waals surface area contributed by atoms with E-state index in [0.717, 1.165) is 18.4 Å². The molecule has 3 N–H and O–H groups in total. The number of aromatic nitrogens is 1. The van der Waals surface area contributed by atoms with E-state index in [1.165, 1.54) is 0 Å². The Hall–Kier alpha value is -0.873. The van der Waals surface area contributed by atoms with Crippen molar-refractivity contribution < 1.29 is 4.80 Å². The highest BCUT2D eigenvalue weighted by Gasteiger charge is 2.37. The van der Waals surface area contributed by atoms with Crippen molar-refractivity contribution in [1.82, 2.24) is 4.98 Å². The lowest BCUT2D eigenvalue weighted by Gasteiger charge is -2.35. The van der Waals surface area contributed by atoms with Crippen LogP contribution < -0.4 is 5.73 Å². The predicted molar refractivity (Wildman–Crippen MR) is 70.7 cm³/mol. The molecule has 0 saturated heterocycles. The molecule has 1 rings (SSSR count). The third-order valence-electron chi connectivity index (χ3n) is 3.51. The fourth-order valence-corrected chi connectivity index (χ4v) is 2.14. The predicted octanol–water partition coefficient (Wildman–Crippen LogP) is 2.57. The Morgan fingerprint density at radius 1 is 1.38 bits per heavy atom. The normalized spacial score (nSPS) is 12.8. The van der Waals surface area contributed by atoms with Gasteiger partial charge in [-0.2, -0.15) is 0 Å². The molecule has 0 aliphatic heterocycles. The molecule has 0 aliphatic carbocycles. The monoisotopic (exact) mass is 238 g/mol. The van der Waals surface area contributed by atoms with Gasteiger partial charge in [0, 0.05) is 12.4 Å². The fraction of sp³-hybridized carbons (Fsp3) is 0.583. The third-order valence-corrected chi connectivity index (χ3v) is 7.07. The van der Waals surface area contributed by atoms with Gasteiger partial charge in [-0.3, -0.25) is 4.98 Å². The second-order valence-corrected chi connectivity index (χ2v) is 10.0. The Morgan fingerprint density at radius 2 is 2.00 bits per heavy atom. The van der Waals surface area contributed by atoms with Gasteiger partial charge in [-0.1, -0.05) is 13.8 Å². The molecule has 1 aromatic heterocycles. The van der Waals surface area contributed by atoms with Crippen molar-refractivity contribution in [2.75, 3.05) is 5.73 Å². The van der Waals surface area contributed by atoms with Crippen molar-refractivity contribution in [1.29, 1.82) is 0 Å². The number of aryl methyl sites for hydroxylation is 1. The molecule has 0 saturated carbocycles. The summed E-state index contributed by atoms with van der Waals surface area (Å²) in [7, 11) is -2.10. The van der Waals surface area contributed by atoms with Gasteiger partial charge >= 0.3 is 0 Å². The van der Waals surface area contributed by atoms with Crippen LogP contribution in [0.15, 0.2) is 18.5 Å². The smallest absolute Gasteiger partial charge is 0.188 e. The molecule has 0 unspecified atom stereocenters. The number of anilines is 1. The maximum absolute atomic E-state index is 10.2. The third kappa shape index (κ3) is 3.32. The van der Waals surface area contributed by atoms with Gasteiger partial charge in [0.25, 0.3) is 0 Å². The SMILES string of the molecule is CC(C)(CCc1cncc(N)c1)[Si](C)(C)O. The van der Waals surface area contributed by atoms with E-state index in [1.807, 2.05) is 25.4 Å². The fourth-order valence-electron chi connectivity index (χ4n) is 1.41. The number of nitrogens with two attached hydrogens (primary N) is 1. The molecule has 0 fully saturated rings. The molecule has 1 heterocycles. The number of nitrogen functional groups attached to an aromatic ring is 1. The van der Waals surface area contributed by atoms with Gasteiger partial charge in [-0.15, -0.1) is 0 Å². The summed E-state index contributed by atoms with van der Waals surface area (Å²) in [6, 6.07) is 1.95. The van der Waals surface area contributed by atoms with Crippen LogP contribution in [0.25, 0.3) is 0 Å². The topological polar surface area (TPSA) is 59.1 Å². The second kappa shape index (κ2) is 4.55. The number of pyridine rings is 1. The minimum atomic E-state index is -2.10. The quantitative estimate of drug-likeness (QED) is 0.793. The lowest BCUT2D eigenvalue weighted by Crippen LogP contribution is -2.39. The maximum Gasteiger partial charge on any atom is 0.188 e. The van der Waals surface area contributed by atoms with E-state index in [1.54, 1.807) is 6.20 Å². The average Bonchev–Trinajstić information content (AvgIpc) is 2.13. The lowest BCUT2D eigenvalue weighted by molar-refractivity contribution is 0.451. The summed E-state index contributed by atoms with van der Waals surface area (Å²) < 4.78 is 0. The number of hydrogen-bond acceptors (Lipinski definition) is 3. The van der Waals surface area contributed by atoms with Crippen LogP contribution in [-0.4, -0.2) is 18.1 Å². The van der Waals surface area contributed by atoms with E-state index in [9.17, 15) is 4.80 Å². The van der Waals surface area contributed by atoms with Gasteiger partial charge < -0.3 is 10.5 Å². The molecule has 0 amide bonds. The molecule has 0 atom stereocenters. The highest BCUT2D eigenvalue weighted by Crippen LogP contribution is 2.39. The van der Waals surface area contributed by atoms with Crippen molar-refractivity contribution in [2.24, 2.45) is 0 Å². The van der Waals surface area contributed by atoms with Crippen molar-refractivity contribution in [2.45, 2.75) is 44.8 Å². The largest absolute Gasteiger partial charge is 0.432 e. The van der Waals surface area contributed by atoms with Gasteiger partial charge in [0.2, 0.25) is 0 Å². The van der Waals surface area contributed by atoms with Crippen molar-refractivity contribution in [3.8, 4) is 0 Å². The van der Waals surface area contributed by atoms with E-state index in [-0.39, 0.29) is 5.04 Å². The summed E-state index contributed by atoms with van der Waals surface area (Å²) in [5, 5.41) is 0.0115. The first-order valence-electron chi connectivity index (χ1n) is 5.64. The molecule has 0 spiro atoms. The van der Waals surface area contributed by atoms with Crippen LogP contribution in [0.3, 0.4) is 0 Å². The summed E-state index contributed by atoms with van der Waals surface area (Å²) in [5.41, 5.74) is 7.53. The number of hydrogen-bond donors (Lipinski definition) is 2. The first-order valence-corrected chi connectivity index (χ1v) is 8.59. The van der Waals surface area contributed by atoms with Crippen LogP contribution in [-0.2, 0) is 6.42 Å². The van der Waals surface area contributed by atoms with E-state index in [2.05, 4.69) is 18.8 Å². The van der Waals surface area contributed by atoms with Gasteiger partial charge in [-0.05, 0) is 42.6 Å². The summed E-state index contributed by atoms with van der Waals surface area (Å²) in [6.45, 7) is 8.26. The minimum absolute atomic E-state index is 0.0115. The molecule has 4 heteroatoms. The van der Waals surface area contributed by atoms with Crippen molar-refractivity contribution in [3.05, 3.63) is 24.0 Å². The molecule has 0 aliphatic rings. The average molecular weight is 238 g/mol. The van der Waals surface area contributed by atoms with Crippen LogP contribution in [0.4, 0.5) is 5.69 Å². The molecule has 1 aromatic rings. The van der Waals surface area contributed by atoms with Gasteiger partial charge in [0.15, 0.2) is 8.32 Å². The summed E-state index contributed by atoms with van der Waals surface area (Å²) in [4.78, 5) is 14.2. The Kier molecular flexibility index (Phi) is 3.75. The zero-order chi connectivity index (χ0) is 12.4. The molecule has 3 nitrogen and oxygen atoms in total. The standard InChI is InChI=1S/C12H22N2OSi/c1-12(2,16(3,4)15)6-5-10-7-11(13)9-14-8-10/h7-9,15H,5-6,13H2,1-4H3.